The van der Waals surface area contributed by atoms with Crippen LogP contribution in [0, 0.1) is 13.7 Å². The van der Waals surface area contributed by atoms with Crippen LogP contribution in [0.25, 0.3) is 0 Å². The topological polar surface area (TPSA) is 106 Å². The van der Waals surface area contributed by atoms with Crippen LogP contribution >= 0.6 is 22.6 Å². The minimum atomic E-state index is -3.08. The fourth-order valence-electron chi connectivity index (χ4n) is 1.97. The van der Waals surface area contributed by atoms with Crippen molar-refractivity contribution in [1.82, 2.24) is 5.32 Å². The van der Waals surface area contributed by atoms with E-state index in [1.165, 1.54) is 18.2 Å². The first-order valence-electron chi connectivity index (χ1n) is 5.74. The maximum Gasteiger partial charge on any atom is 0.270 e. The Morgan fingerprint density at radius 1 is 1.45 bits per heavy atom. The van der Waals surface area contributed by atoms with Gasteiger partial charge in [-0.05, 0) is 35.1 Å². The van der Waals surface area contributed by atoms with Crippen molar-refractivity contribution >= 4 is 44.0 Å². The van der Waals surface area contributed by atoms with Crippen molar-refractivity contribution in [1.29, 1.82) is 0 Å². The van der Waals surface area contributed by atoms with Gasteiger partial charge in [0.1, 0.15) is 0 Å². The fraction of sp³-hybridized carbons (Fsp3) is 0.364. The van der Waals surface area contributed by atoms with Gasteiger partial charge >= 0.3 is 0 Å². The molecule has 108 valence electrons. The number of amides is 1. The number of benzene rings is 1. The van der Waals surface area contributed by atoms with Gasteiger partial charge < -0.3 is 5.32 Å². The van der Waals surface area contributed by atoms with Crippen LogP contribution in [0.4, 0.5) is 5.69 Å². The molecule has 1 fully saturated rings. The number of nitro groups is 1. The van der Waals surface area contributed by atoms with Crippen molar-refractivity contribution in [3.05, 3.63) is 37.4 Å². The number of nitro benzene ring substituents is 1. The van der Waals surface area contributed by atoms with Crippen molar-refractivity contribution in [2.45, 2.75) is 12.5 Å². The summed E-state index contributed by atoms with van der Waals surface area (Å²) < 4.78 is 23.2. The Bertz CT molecular complexity index is 673. The van der Waals surface area contributed by atoms with E-state index in [2.05, 4.69) is 5.32 Å². The number of sulfone groups is 1. The lowest BCUT2D eigenvalue weighted by molar-refractivity contribution is -0.384. The molecular weight excluding hydrogens is 399 g/mol. The molecule has 7 nitrogen and oxygen atoms in total. The Morgan fingerprint density at radius 2 is 2.15 bits per heavy atom. The van der Waals surface area contributed by atoms with E-state index in [9.17, 15) is 23.3 Å². The zero-order valence-electron chi connectivity index (χ0n) is 10.2. The minimum absolute atomic E-state index is 0.0595. The lowest BCUT2D eigenvalue weighted by Crippen LogP contribution is -2.36. The van der Waals surface area contributed by atoms with Gasteiger partial charge in [0.25, 0.3) is 11.6 Å². The summed E-state index contributed by atoms with van der Waals surface area (Å²) in [6.07, 6.45) is 0.375. The monoisotopic (exact) mass is 410 g/mol. The van der Waals surface area contributed by atoms with Crippen molar-refractivity contribution < 1.29 is 18.1 Å². The van der Waals surface area contributed by atoms with Crippen LogP contribution in [-0.2, 0) is 9.84 Å². The second kappa shape index (κ2) is 5.64. The van der Waals surface area contributed by atoms with Gasteiger partial charge in [0, 0.05) is 21.7 Å². The predicted molar refractivity (Wildman–Crippen MR) is 80.3 cm³/mol. The third-order valence-electron chi connectivity index (χ3n) is 2.97. The molecule has 1 saturated heterocycles. The van der Waals surface area contributed by atoms with Crippen LogP contribution in [0.15, 0.2) is 18.2 Å². The first-order chi connectivity index (χ1) is 9.28. The molecule has 9 heteroatoms. The van der Waals surface area contributed by atoms with E-state index in [1.54, 1.807) is 0 Å². The first-order valence-corrected chi connectivity index (χ1v) is 8.64. The predicted octanol–water partition coefficient (Wildman–Crippen LogP) is 1.12. The zero-order chi connectivity index (χ0) is 14.9. The molecule has 1 heterocycles. The van der Waals surface area contributed by atoms with Crippen molar-refractivity contribution in [2.24, 2.45) is 0 Å². The molecule has 0 aliphatic carbocycles. The zero-order valence-corrected chi connectivity index (χ0v) is 13.2. The number of nitrogens with one attached hydrogen (secondary N) is 1. The fourth-order valence-corrected chi connectivity index (χ4v) is 4.23. The van der Waals surface area contributed by atoms with Crippen molar-refractivity contribution in [2.75, 3.05) is 11.5 Å². The van der Waals surface area contributed by atoms with Gasteiger partial charge in [-0.2, -0.15) is 0 Å². The number of hydrogen-bond acceptors (Lipinski definition) is 5. The standard InChI is InChI=1S/C11H11IN2O5S/c12-10-2-1-8(14(16)17)5-9(10)11(15)13-7-3-4-20(18,19)6-7/h1-2,5,7H,3-4,6H2,(H,13,15). The van der Waals surface area contributed by atoms with E-state index in [0.29, 0.717) is 9.99 Å². The third-order valence-corrected chi connectivity index (χ3v) is 5.68. The summed E-state index contributed by atoms with van der Waals surface area (Å²) in [6, 6.07) is 3.57. The van der Waals surface area contributed by atoms with E-state index >= 15 is 0 Å². The SMILES string of the molecule is O=C(NC1CCS(=O)(=O)C1)c1cc([N+](=O)[O-])ccc1I. The summed E-state index contributed by atoms with van der Waals surface area (Å²) in [4.78, 5) is 22.2. The summed E-state index contributed by atoms with van der Waals surface area (Å²) in [7, 11) is -3.08. The van der Waals surface area contributed by atoms with Gasteiger partial charge in [-0.25, -0.2) is 8.42 Å². The molecule has 0 saturated carbocycles. The number of non-ortho nitro benzene ring substituents is 1. The molecular formula is C11H11IN2O5S. The summed E-state index contributed by atoms with van der Waals surface area (Å²) in [5, 5.41) is 13.3. The Hall–Kier alpha value is -1.23. The molecule has 1 aromatic carbocycles. The molecule has 1 unspecified atom stereocenters. The van der Waals surface area contributed by atoms with E-state index < -0.39 is 26.7 Å². The van der Waals surface area contributed by atoms with Crippen molar-refractivity contribution in [3.8, 4) is 0 Å². The normalized spacial score (nSPS) is 20.6. The van der Waals surface area contributed by atoms with Gasteiger partial charge in [0.15, 0.2) is 9.84 Å². The number of nitrogens with zero attached hydrogens (tertiary/aromatic N) is 1. The van der Waals surface area contributed by atoms with Gasteiger partial charge in [0.05, 0.1) is 22.0 Å². The summed E-state index contributed by atoms with van der Waals surface area (Å²) in [5.41, 5.74) is 0.0127. The highest BCUT2D eigenvalue weighted by atomic mass is 127. The molecule has 1 aliphatic heterocycles. The molecule has 0 radical (unpaired) electrons. The Labute approximate surface area is 129 Å². The second-order valence-corrected chi connectivity index (χ2v) is 7.89. The third kappa shape index (κ3) is 3.45. The van der Waals surface area contributed by atoms with E-state index in [1.807, 2.05) is 22.6 Å². The van der Waals surface area contributed by atoms with Crippen molar-refractivity contribution in [3.63, 3.8) is 0 Å². The lowest BCUT2D eigenvalue weighted by atomic mass is 10.1. The summed E-state index contributed by atoms with van der Waals surface area (Å²) >= 11 is 1.91. The number of carbonyl (C=O) groups is 1. The van der Waals surface area contributed by atoms with Gasteiger partial charge in [-0.15, -0.1) is 0 Å². The Balaban J connectivity index is 2.17. The quantitative estimate of drug-likeness (QED) is 0.457. The number of halogens is 1. The lowest BCUT2D eigenvalue weighted by Gasteiger charge is -2.11. The molecule has 20 heavy (non-hydrogen) atoms. The van der Waals surface area contributed by atoms with Crippen LogP contribution in [0.1, 0.15) is 16.8 Å². The molecule has 0 spiro atoms. The highest BCUT2D eigenvalue weighted by Crippen LogP contribution is 2.20. The number of hydrogen-bond donors (Lipinski definition) is 1. The van der Waals surface area contributed by atoms with Crippen LogP contribution in [0.5, 0.6) is 0 Å². The average molecular weight is 410 g/mol. The van der Waals surface area contributed by atoms with Gasteiger partial charge in [0.2, 0.25) is 0 Å². The van der Waals surface area contributed by atoms with E-state index in [4.69, 9.17) is 0 Å². The first kappa shape index (κ1) is 15.2. The molecule has 1 aromatic rings. The summed E-state index contributed by atoms with van der Waals surface area (Å²) in [6.45, 7) is 0. The molecule has 0 aromatic heterocycles. The minimum Gasteiger partial charge on any atom is -0.348 e. The van der Waals surface area contributed by atoms with Crippen LogP contribution in [0.2, 0.25) is 0 Å². The maximum absolute atomic E-state index is 12.1. The van der Waals surface area contributed by atoms with Crippen LogP contribution in [-0.4, -0.2) is 36.8 Å². The molecule has 1 amide bonds. The Kier molecular flexibility index (Phi) is 4.28. The maximum atomic E-state index is 12.1. The smallest absolute Gasteiger partial charge is 0.270 e. The van der Waals surface area contributed by atoms with E-state index in [0.717, 1.165) is 0 Å². The second-order valence-electron chi connectivity index (χ2n) is 4.49. The molecule has 1 N–H and O–H groups in total. The van der Waals surface area contributed by atoms with Gasteiger partial charge in [-0.3, -0.25) is 14.9 Å². The van der Waals surface area contributed by atoms with Gasteiger partial charge in [-0.1, -0.05) is 0 Å². The average Bonchev–Trinajstić information content (AvgIpc) is 2.68. The molecule has 0 bridgehead atoms. The highest BCUT2D eigenvalue weighted by Gasteiger charge is 2.29. The number of carbonyl (C=O) groups excluding carboxylic acids is 1. The highest BCUT2D eigenvalue weighted by molar-refractivity contribution is 14.1. The largest absolute Gasteiger partial charge is 0.348 e. The van der Waals surface area contributed by atoms with Crippen LogP contribution < -0.4 is 5.32 Å². The molecule has 1 aliphatic rings. The van der Waals surface area contributed by atoms with E-state index in [-0.39, 0.29) is 22.8 Å². The number of rotatable bonds is 3. The summed E-state index contributed by atoms with van der Waals surface area (Å²) in [5.74, 6) is -0.506. The Morgan fingerprint density at radius 3 is 2.70 bits per heavy atom. The molecule has 2 rings (SSSR count). The van der Waals surface area contributed by atoms with Crippen LogP contribution in [0.3, 0.4) is 0 Å². The molecule has 1 atom stereocenters.